The van der Waals surface area contributed by atoms with E-state index in [0.29, 0.717) is 35.1 Å². The van der Waals surface area contributed by atoms with Gasteiger partial charge in [0, 0.05) is 24.1 Å². The standard InChI is InChI=1S/C29H30N2O4S/c1-5-35-24-12-10-21(16-25(24)34-4)17-27-29(33)31(3)23-18-22(11-13-26(23)36-27)28(32)30-15-14-20-8-6-19(2)7-9-20/h6-13,16-18H,5,14-15H2,1-4H3,(H,30,32). The molecule has 0 aliphatic carbocycles. The van der Waals surface area contributed by atoms with Gasteiger partial charge in [0.05, 0.1) is 24.3 Å². The van der Waals surface area contributed by atoms with Gasteiger partial charge < -0.3 is 19.7 Å². The Hall–Kier alpha value is -3.71. The number of nitrogens with zero attached hydrogens (tertiary/aromatic N) is 1. The highest BCUT2D eigenvalue weighted by Crippen LogP contribution is 2.42. The number of methoxy groups -OCH3 is 1. The van der Waals surface area contributed by atoms with Crippen molar-refractivity contribution in [3.8, 4) is 11.5 Å². The molecule has 3 aromatic rings. The van der Waals surface area contributed by atoms with Crippen molar-refractivity contribution >= 4 is 35.3 Å². The van der Waals surface area contributed by atoms with Crippen LogP contribution in [0, 0.1) is 6.92 Å². The minimum absolute atomic E-state index is 0.128. The molecule has 0 spiro atoms. The van der Waals surface area contributed by atoms with Gasteiger partial charge in [0.1, 0.15) is 0 Å². The first-order valence-corrected chi connectivity index (χ1v) is 12.7. The fraction of sp³-hybridized carbons (Fsp3) is 0.241. The number of carbonyl (C=O) groups is 2. The van der Waals surface area contributed by atoms with E-state index in [-0.39, 0.29) is 11.8 Å². The third-order valence-electron chi connectivity index (χ3n) is 5.92. The smallest absolute Gasteiger partial charge is 0.264 e. The molecule has 4 rings (SSSR count). The summed E-state index contributed by atoms with van der Waals surface area (Å²) in [7, 11) is 3.32. The number of anilines is 1. The Kier molecular flexibility index (Phi) is 8.00. The molecule has 0 unspecified atom stereocenters. The molecule has 2 amide bonds. The van der Waals surface area contributed by atoms with E-state index < -0.39 is 0 Å². The van der Waals surface area contributed by atoms with E-state index >= 15 is 0 Å². The minimum Gasteiger partial charge on any atom is -0.493 e. The molecule has 0 saturated carbocycles. The molecule has 1 aliphatic heterocycles. The van der Waals surface area contributed by atoms with Crippen LogP contribution in [0.2, 0.25) is 0 Å². The molecule has 0 saturated heterocycles. The van der Waals surface area contributed by atoms with Crippen molar-refractivity contribution in [3.05, 3.63) is 87.8 Å². The molecule has 0 fully saturated rings. The molecule has 1 aliphatic rings. The van der Waals surface area contributed by atoms with Crippen LogP contribution < -0.4 is 19.7 Å². The highest BCUT2D eigenvalue weighted by Gasteiger charge is 2.27. The van der Waals surface area contributed by atoms with Gasteiger partial charge in [-0.1, -0.05) is 47.7 Å². The van der Waals surface area contributed by atoms with Crippen LogP contribution in [-0.2, 0) is 11.2 Å². The first kappa shape index (κ1) is 25.4. The number of benzene rings is 3. The lowest BCUT2D eigenvalue weighted by Crippen LogP contribution is -2.31. The molecule has 6 nitrogen and oxygen atoms in total. The second-order valence-electron chi connectivity index (χ2n) is 8.49. The normalized spacial score (nSPS) is 13.9. The summed E-state index contributed by atoms with van der Waals surface area (Å²) < 4.78 is 11.0. The van der Waals surface area contributed by atoms with Gasteiger partial charge >= 0.3 is 0 Å². The van der Waals surface area contributed by atoms with Crippen LogP contribution in [0.15, 0.2) is 70.5 Å². The Bertz CT molecular complexity index is 1300. The lowest BCUT2D eigenvalue weighted by atomic mass is 10.1. The number of hydrogen-bond donors (Lipinski definition) is 1. The number of hydrogen-bond acceptors (Lipinski definition) is 5. The molecule has 1 heterocycles. The van der Waals surface area contributed by atoms with Crippen molar-refractivity contribution < 1.29 is 19.1 Å². The van der Waals surface area contributed by atoms with Gasteiger partial charge in [0.2, 0.25) is 0 Å². The second-order valence-corrected chi connectivity index (χ2v) is 9.58. The summed E-state index contributed by atoms with van der Waals surface area (Å²) in [4.78, 5) is 29.0. The predicted octanol–water partition coefficient (Wildman–Crippen LogP) is 5.48. The number of amides is 2. The number of fused-ring (bicyclic) bond motifs is 1. The van der Waals surface area contributed by atoms with E-state index in [4.69, 9.17) is 9.47 Å². The first-order chi connectivity index (χ1) is 17.4. The maximum Gasteiger partial charge on any atom is 0.264 e. The lowest BCUT2D eigenvalue weighted by Gasteiger charge is -2.27. The summed E-state index contributed by atoms with van der Waals surface area (Å²) in [6, 6.07) is 19.4. The molecular formula is C29H30N2O4S. The molecular weight excluding hydrogens is 472 g/mol. The van der Waals surface area contributed by atoms with Gasteiger partial charge in [-0.15, -0.1) is 0 Å². The zero-order valence-corrected chi connectivity index (χ0v) is 21.8. The quantitative estimate of drug-likeness (QED) is 0.413. The van der Waals surface area contributed by atoms with Crippen LogP contribution in [0.25, 0.3) is 6.08 Å². The van der Waals surface area contributed by atoms with Crippen molar-refractivity contribution in [2.24, 2.45) is 0 Å². The van der Waals surface area contributed by atoms with Crippen LogP contribution in [0.5, 0.6) is 11.5 Å². The zero-order valence-electron chi connectivity index (χ0n) is 21.0. The topological polar surface area (TPSA) is 67.9 Å². The molecule has 1 N–H and O–H groups in total. The van der Waals surface area contributed by atoms with E-state index in [1.807, 2.05) is 37.3 Å². The molecule has 3 aromatic carbocycles. The van der Waals surface area contributed by atoms with E-state index in [2.05, 4.69) is 36.5 Å². The van der Waals surface area contributed by atoms with Crippen molar-refractivity contribution in [3.63, 3.8) is 0 Å². The summed E-state index contributed by atoms with van der Waals surface area (Å²) in [5, 5.41) is 2.98. The maximum absolute atomic E-state index is 13.1. The Labute approximate surface area is 216 Å². The van der Waals surface area contributed by atoms with Crippen LogP contribution in [0.1, 0.15) is 34.0 Å². The van der Waals surface area contributed by atoms with Crippen molar-refractivity contribution in [1.29, 1.82) is 0 Å². The molecule has 0 radical (unpaired) electrons. The van der Waals surface area contributed by atoms with Crippen molar-refractivity contribution in [1.82, 2.24) is 5.32 Å². The number of rotatable bonds is 8. The summed E-state index contributed by atoms with van der Waals surface area (Å²) in [6.45, 7) is 5.05. The van der Waals surface area contributed by atoms with Crippen LogP contribution in [-0.4, -0.2) is 39.1 Å². The summed E-state index contributed by atoms with van der Waals surface area (Å²) >= 11 is 1.39. The minimum atomic E-state index is -0.154. The number of thioether (sulfide) groups is 1. The Morgan fingerprint density at radius 3 is 2.56 bits per heavy atom. The molecule has 0 bridgehead atoms. The Morgan fingerprint density at radius 1 is 1.06 bits per heavy atom. The summed E-state index contributed by atoms with van der Waals surface area (Å²) in [5.41, 5.74) is 4.48. The van der Waals surface area contributed by atoms with Crippen LogP contribution in [0.4, 0.5) is 5.69 Å². The third-order valence-corrected chi connectivity index (χ3v) is 7.00. The Balaban J connectivity index is 1.47. The van der Waals surface area contributed by atoms with E-state index in [0.717, 1.165) is 22.6 Å². The number of likely N-dealkylation sites (N-methyl/N-ethyl adjacent to an activating group) is 1. The van der Waals surface area contributed by atoms with Gasteiger partial charge in [-0.05, 0) is 67.8 Å². The molecule has 7 heteroatoms. The first-order valence-electron chi connectivity index (χ1n) is 11.9. The SMILES string of the molecule is CCOc1ccc(C=C2Sc3ccc(C(=O)NCCc4ccc(C)cc4)cc3N(C)C2=O)cc1OC. The summed E-state index contributed by atoms with van der Waals surface area (Å²) in [5.74, 6) is 0.999. The predicted molar refractivity (Wildman–Crippen MR) is 145 cm³/mol. The van der Waals surface area contributed by atoms with E-state index in [1.54, 1.807) is 31.2 Å². The van der Waals surface area contributed by atoms with Crippen LogP contribution >= 0.6 is 11.8 Å². The van der Waals surface area contributed by atoms with Crippen molar-refractivity contribution in [2.45, 2.75) is 25.2 Å². The fourth-order valence-corrected chi connectivity index (χ4v) is 5.00. The van der Waals surface area contributed by atoms with Gasteiger partial charge in [-0.3, -0.25) is 9.59 Å². The molecule has 0 atom stereocenters. The number of carbonyl (C=O) groups excluding carboxylic acids is 2. The Morgan fingerprint density at radius 2 is 1.83 bits per heavy atom. The summed E-state index contributed by atoms with van der Waals surface area (Å²) in [6.07, 6.45) is 2.60. The largest absolute Gasteiger partial charge is 0.493 e. The van der Waals surface area contributed by atoms with Crippen LogP contribution in [0.3, 0.4) is 0 Å². The maximum atomic E-state index is 13.1. The average molecular weight is 503 g/mol. The highest BCUT2D eigenvalue weighted by atomic mass is 32.2. The monoisotopic (exact) mass is 502 g/mol. The van der Waals surface area contributed by atoms with E-state index in [9.17, 15) is 9.59 Å². The molecule has 0 aromatic heterocycles. The lowest BCUT2D eigenvalue weighted by molar-refractivity contribution is -0.114. The second kappa shape index (κ2) is 11.4. The average Bonchev–Trinajstić information content (AvgIpc) is 2.89. The highest BCUT2D eigenvalue weighted by molar-refractivity contribution is 8.04. The third kappa shape index (κ3) is 5.74. The fourth-order valence-electron chi connectivity index (χ4n) is 3.91. The zero-order chi connectivity index (χ0) is 25.7. The van der Waals surface area contributed by atoms with Gasteiger partial charge in [0.15, 0.2) is 11.5 Å². The molecule has 186 valence electrons. The number of aryl methyl sites for hydroxylation is 1. The van der Waals surface area contributed by atoms with Gasteiger partial charge in [0.25, 0.3) is 11.8 Å². The number of nitrogens with one attached hydrogen (secondary N) is 1. The van der Waals surface area contributed by atoms with E-state index in [1.165, 1.54) is 22.9 Å². The molecule has 36 heavy (non-hydrogen) atoms. The number of ether oxygens (including phenoxy) is 2. The van der Waals surface area contributed by atoms with Gasteiger partial charge in [-0.2, -0.15) is 0 Å². The van der Waals surface area contributed by atoms with Crippen molar-refractivity contribution in [2.75, 3.05) is 32.2 Å². The van der Waals surface area contributed by atoms with Gasteiger partial charge in [-0.25, -0.2) is 0 Å².